The van der Waals surface area contributed by atoms with Crippen molar-refractivity contribution in [2.45, 2.75) is 6.42 Å². The number of hydrogen-bond acceptors (Lipinski definition) is 3. The minimum absolute atomic E-state index is 0.817. The van der Waals surface area contributed by atoms with Gasteiger partial charge in [0.25, 0.3) is 0 Å². The third kappa shape index (κ3) is 3.31. The average Bonchev–Trinajstić information content (AvgIpc) is 2.80. The highest BCUT2D eigenvalue weighted by Crippen LogP contribution is 2.33. The number of fused-ring (bicyclic) bond motifs is 1. The Morgan fingerprint density at radius 1 is 1.41 bits per heavy atom. The summed E-state index contributed by atoms with van der Waals surface area (Å²) in [6.45, 7) is 0.942. The summed E-state index contributed by atoms with van der Waals surface area (Å²) in [5.41, 5.74) is 3.07. The number of carboxylic acid groups (broad SMARTS) is 1. The maximum absolute atomic E-state index is 10.8. The van der Waals surface area contributed by atoms with Crippen LogP contribution < -0.4 is 4.74 Å². The molecular formula is C17H22N2O3. The predicted octanol–water partition coefficient (Wildman–Crippen LogP) is 2.39. The first-order valence-electron chi connectivity index (χ1n) is 7.14. The van der Waals surface area contributed by atoms with Gasteiger partial charge in [-0.15, -0.1) is 0 Å². The van der Waals surface area contributed by atoms with Gasteiger partial charge in [-0.3, -0.25) is 0 Å². The van der Waals surface area contributed by atoms with Gasteiger partial charge in [-0.05, 0) is 49.9 Å². The van der Waals surface area contributed by atoms with E-state index in [1.54, 1.807) is 13.2 Å². The van der Waals surface area contributed by atoms with Crippen LogP contribution in [0.5, 0.6) is 5.75 Å². The van der Waals surface area contributed by atoms with Gasteiger partial charge < -0.3 is 19.3 Å². The summed E-state index contributed by atoms with van der Waals surface area (Å²) in [6.07, 6.45) is 5.79. The molecule has 0 aliphatic heterocycles. The lowest BCUT2D eigenvalue weighted by Gasteiger charge is -2.10. The molecule has 2 aromatic rings. The molecule has 1 heterocycles. The molecule has 1 N–H and O–H groups in total. The fourth-order valence-electron chi connectivity index (χ4n) is 2.64. The molecule has 0 unspecified atom stereocenters. The fourth-order valence-corrected chi connectivity index (χ4v) is 2.64. The van der Waals surface area contributed by atoms with E-state index in [0.717, 1.165) is 41.3 Å². The zero-order valence-corrected chi connectivity index (χ0v) is 13.5. The number of methoxy groups -OCH3 is 1. The van der Waals surface area contributed by atoms with E-state index in [1.807, 2.05) is 37.8 Å². The summed E-state index contributed by atoms with van der Waals surface area (Å²) in [6, 6.07) is 3.78. The first-order chi connectivity index (χ1) is 10.4. The van der Waals surface area contributed by atoms with Crippen molar-refractivity contribution in [3.63, 3.8) is 0 Å². The van der Waals surface area contributed by atoms with Crippen molar-refractivity contribution >= 4 is 22.9 Å². The Hall–Kier alpha value is -2.27. The van der Waals surface area contributed by atoms with Gasteiger partial charge in [0.1, 0.15) is 5.75 Å². The minimum Gasteiger partial charge on any atom is -0.496 e. The summed E-state index contributed by atoms with van der Waals surface area (Å²) in [5.74, 6) is -0.136. The molecule has 0 aliphatic rings. The Labute approximate surface area is 130 Å². The van der Waals surface area contributed by atoms with Crippen molar-refractivity contribution in [1.29, 1.82) is 0 Å². The molecule has 0 atom stereocenters. The van der Waals surface area contributed by atoms with Gasteiger partial charge in [-0.2, -0.15) is 0 Å². The van der Waals surface area contributed by atoms with Crippen LogP contribution in [-0.2, 0) is 18.3 Å². The molecule has 1 aromatic carbocycles. The Morgan fingerprint density at radius 3 is 2.73 bits per heavy atom. The molecule has 2 rings (SSSR count). The van der Waals surface area contributed by atoms with Gasteiger partial charge in [0, 0.05) is 31.3 Å². The summed E-state index contributed by atoms with van der Waals surface area (Å²) in [7, 11) is 7.72. The van der Waals surface area contributed by atoms with Crippen LogP contribution >= 0.6 is 0 Å². The summed E-state index contributed by atoms with van der Waals surface area (Å²) >= 11 is 0. The van der Waals surface area contributed by atoms with Crippen molar-refractivity contribution in [2.75, 3.05) is 27.7 Å². The number of aliphatic carboxylic acids is 1. The van der Waals surface area contributed by atoms with Gasteiger partial charge in [0.05, 0.1) is 12.6 Å². The zero-order valence-electron chi connectivity index (χ0n) is 13.5. The van der Waals surface area contributed by atoms with Crippen molar-refractivity contribution in [2.24, 2.45) is 7.05 Å². The lowest BCUT2D eigenvalue weighted by atomic mass is 10.0. The van der Waals surface area contributed by atoms with E-state index in [0.29, 0.717) is 0 Å². The number of ether oxygens (including phenoxy) is 1. The minimum atomic E-state index is -0.953. The average molecular weight is 302 g/mol. The highest BCUT2D eigenvalue weighted by atomic mass is 16.5. The third-order valence-electron chi connectivity index (χ3n) is 3.65. The van der Waals surface area contributed by atoms with E-state index < -0.39 is 5.97 Å². The van der Waals surface area contributed by atoms with Crippen LogP contribution in [-0.4, -0.2) is 48.3 Å². The predicted molar refractivity (Wildman–Crippen MR) is 88.4 cm³/mol. The monoisotopic (exact) mass is 302 g/mol. The molecule has 0 saturated heterocycles. The van der Waals surface area contributed by atoms with Gasteiger partial charge in [-0.1, -0.05) is 0 Å². The van der Waals surface area contributed by atoms with Gasteiger partial charge in [0.15, 0.2) is 0 Å². The molecule has 0 fully saturated rings. The highest BCUT2D eigenvalue weighted by molar-refractivity contribution is 5.97. The topological polar surface area (TPSA) is 54.7 Å². The Balaban J connectivity index is 2.59. The van der Waals surface area contributed by atoms with Gasteiger partial charge >= 0.3 is 5.97 Å². The Morgan fingerprint density at radius 2 is 2.14 bits per heavy atom. The molecule has 0 radical (unpaired) electrons. The number of benzene rings is 1. The number of nitrogens with zero attached hydrogens (tertiary/aromatic N) is 2. The molecular weight excluding hydrogens is 280 g/mol. The van der Waals surface area contributed by atoms with Gasteiger partial charge in [-0.25, -0.2) is 4.79 Å². The molecule has 0 amide bonds. The number of carbonyl (C=O) groups is 1. The summed E-state index contributed by atoms with van der Waals surface area (Å²) in [4.78, 5) is 12.9. The SMILES string of the molecule is COc1ccc(C=CC(=O)O)c2c1c(CCN(C)C)cn2C. The first kappa shape index (κ1) is 16.1. The van der Waals surface area contributed by atoms with Crippen LogP contribution in [0.3, 0.4) is 0 Å². The standard InChI is InChI=1S/C17H22N2O3/c1-18(2)10-9-13-11-19(3)17-12(6-8-15(20)21)5-7-14(22-4)16(13)17/h5-8,11H,9-10H2,1-4H3,(H,20,21). The van der Waals surface area contributed by atoms with E-state index in [4.69, 9.17) is 9.84 Å². The van der Waals surface area contributed by atoms with E-state index in [1.165, 1.54) is 5.56 Å². The second-order valence-electron chi connectivity index (χ2n) is 5.57. The van der Waals surface area contributed by atoms with Crippen LogP contribution in [0, 0.1) is 0 Å². The van der Waals surface area contributed by atoms with E-state index in [2.05, 4.69) is 11.1 Å². The summed E-state index contributed by atoms with van der Waals surface area (Å²) < 4.78 is 7.53. The number of carboxylic acids is 1. The molecule has 5 nitrogen and oxygen atoms in total. The lowest BCUT2D eigenvalue weighted by Crippen LogP contribution is -2.14. The summed E-state index contributed by atoms with van der Waals surface area (Å²) in [5, 5.41) is 9.90. The molecule has 0 bridgehead atoms. The first-order valence-corrected chi connectivity index (χ1v) is 7.14. The third-order valence-corrected chi connectivity index (χ3v) is 3.65. The second kappa shape index (κ2) is 6.66. The van der Waals surface area contributed by atoms with Crippen LogP contribution in [0.4, 0.5) is 0 Å². The molecule has 5 heteroatoms. The van der Waals surface area contributed by atoms with Crippen LogP contribution in [0.25, 0.3) is 17.0 Å². The number of hydrogen-bond donors (Lipinski definition) is 1. The maximum Gasteiger partial charge on any atom is 0.328 e. The van der Waals surface area contributed by atoms with Crippen molar-refractivity contribution in [1.82, 2.24) is 9.47 Å². The van der Waals surface area contributed by atoms with E-state index >= 15 is 0 Å². The molecule has 22 heavy (non-hydrogen) atoms. The lowest BCUT2D eigenvalue weighted by molar-refractivity contribution is -0.131. The van der Waals surface area contributed by atoms with Crippen LogP contribution in [0.2, 0.25) is 0 Å². The Bertz CT molecular complexity index is 714. The molecule has 118 valence electrons. The molecule has 0 spiro atoms. The number of aryl methyl sites for hydroxylation is 1. The Kier molecular flexibility index (Phi) is 4.88. The molecule has 0 aliphatic carbocycles. The maximum atomic E-state index is 10.8. The number of likely N-dealkylation sites (N-methyl/N-ethyl adjacent to an activating group) is 1. The smallest absolute Gasteiger partial charge is 0.328 e. The molecule has 0 saturated carbocycles. The zero-order chi connectivity index (χ0) is 16.3. The van der Waals surface area contributed by atoms with Crippen molar-refractivity contribution in [3.8, 4) is 5.75 Å². The number of aromatic nitrogens is 1. The quantitative estimate of drug-likeness (QED) is 0.833. The van der Waals surface area contributed by atoms with Gasteiger partial charge in [0.2, 0.25) is 0 Å². The van der Waals surface area contributed by atoms with Crippen molar-refractivity contribution in [3.05, 3.63) is 35.5 Å². The highest BCUT2D eigenvalue weighted by Gasteiger charge is 2.14. The fraction of sp³-hybridized carbons (Fsp3) is 0.353. The van der Waals surface area contributed by atoms with Crippen LogP contribution in [0.1, 0.15) is 11.1 Å². The van der Waals surface area contributed by atoms with E-state index in [-0.39, 0.29) is 0 Å². The second-order valence-corrected chi connectivity index (χ2v) is 5.57. The van der Waals surface area contributed by atoms with Crippen molar-refractivity contribution < 1.29 is 14.6 Å². The largest absolute Gasteiger partial charge is 0.496 e. The number of rotatable bonds is 6. The van der Waals surface area contributed by atoms with Crippen LogP contribution in [0.15, 0.2) is 24.4 Å². The van der Waals surface area contributed by atoms with E-state index in [9.17, 15) is 4.79 Å². The molecule has 1 aromatic heterocycles. The normalized spacial score (nSPS) is 11.7.